The summed E-state index contributed by atoms with van der Waals surface area (Å²) in [5.74, 6) is -0.989. The first kappa shape index (κ1) is 16.5. The van der Waals surface area contributed by atoms with Crippen LogP contribution in [0.1, 0.15) is 25.0 Å². The van der Waals surface area contributed by atoms with Crippen LogP contribution in [-0.4, -0.2) is 26.0 Å². The summed E-state index contributed by atoms with van der Waals surface area (Å²) in [6.07, 6.45) is -0.203. The topological polar surface area (TPSA) is 74.7 Å². The molecule has 0 saturated heterocycles. The number of hydrogen-bond donors (Lipinski definition) is 1. The van der Waals surface area contributed by atoms with Gasteiger partial charge in [-0.25, -0.2) is 8.42 Å². The molecule has 2 aromatic rings. The summed E-state index contributed by atoms with van der Waals surface area (Å²) in [5.41, 5.74) is 1.87. The molecule has 0 bridgehead atoms. The summed E-state index contributed by atoms with van der Waals surface area (Å²) in [6, 6.07) is 13.6. The Balaban J connectivity index is 2.05. The summed E-state index contributed by atoms with van der Waals surface area (Å²) in [7, 11) is -3.74. The molecule has 0 fully saturated rings. The van der Waals surface area contributed by atoms with E-state index in [9.17, 15) is 13.2 Å². The second kappa shape index (κ2) is 5.63. The second-order valence-corrected chi connectivity index (χ2v) is 8.49. The molecule has 126 valence electrons. The van der Waals surface area contributed by atoms with Crippen molar-refractivity contribution < 1.29 is 18.3 Å². The van der Waals surface area contributed by atoms with Crippen molar-refractivity contribution in [2.24, 2.45) is 0 Å². The smallest absolute Gasteiger partial charge is 0.307 e. The van der Waals surface area contributed by atoms with Gasteiger partial charge in [0.2, 0.25) is 0 Å². The summed E-state index contributed by atoms with van der Waals surface area (Å²) < 4.78 is 27.6. The van der Waals surface area contributed by atoms with Crippen LogP contribution in [0.5, 0.6) is 0 Å². The van der Waals surface area contributed by atoms with Crippen LogP contribution in [0.4, 0.5) is 5.69 Å². The Hall–Kier alpha value is -2.34. The Kier molecular flexibility index (Phi) is 3.87. The third-order valence-electron chi connectivity index (χ3n) is 4.28. The molecule has 0 aliphatic carbocycles. The zero-order chi connectivity index (χ0) is 17.5. The van der Waals surface area contributed by atoms with Crippen LogP contribution < -0.4 is 4.31 Å². The first-order valence-corrected chi connectivity index (χ1v) is 9.09. The van der Waals surface area contributed by atoms with Crippen molar-refractivity contribution in [2.75, 3.05) is 10.8 Å². The maximum absolute atomic E-state index is 13.1. The Morgan fingerprint density at radius 3 is 2.58 bits per heavy atom. The van der Waals surface area contributed by atoms with Gasteiger partial charge in [-0.2, -0.15) is 0 Å². The third kappa shape index (κ3) is 2.78. The standard InChI is InChI=1S/C18H19NO4S/c1-18(2)12-19(16-9-4-3-8-15(16)18)24(22,23)14-7-5-6-13(10-14)11-17(20)21/h3-10H,11-12H2,1-2H3,(H,20,21). The van der Waals surface area contributed by atoms with Gasteiger partial charge in [0.1, 0.15) is 0 Å². The molecule has 1 aliphatic heterocycles. The molecule has 1 aliphatic rings. The van der Waals surface area contributed by atoms with Gasteiger partial charge >= 0.3 is 5.97 Å². The van der Waals surface area contributed by atoms with Gasteiger partial charge in [0.15, 0.2) is 0 Å². The maximum Gasteiger partial charge on any atom is 0.307 e. The quantitative estimate of drug-likeness (QED) is 0.925. The predicted octanol–water partition coefficient (Wildman–Crippen LogP) is 2.80. The van der Waals surface area contributed by atoms with Crippen LogP contribution in [0, 0.1) is 0 Å². The first-order valence-electron chi connectivity index (χ1n) is 7.65. The van der Waals surface area contributed by atoms with Crippen LogP contribution in [0.15, 0.2) is 53.4 Å². The highest BCUT2D eigenvalue weighted by Gasteiger charge is 2.40. The molecule has 0 spiro atoms. The molecule has 0 amide bonds. The number of anilines is 1. The van der Waals surface area contributed by atoms with Gasteiger partial charge < -0.3 is 5.11 Å². The van der Waals surface area contributed by atoms with Crippen molar-refractivity contribution in [1.82, 2.24) is 0 Å². The Morgan fingerprint density at radius 2 is 1.88 bits per heavy atom. The molecule has 3 rings (SSSR count). The van der Waals surface area contributed by atoms with E-state index in [0.717, 1.165) is 5.56 Å². The van der Waals surface area contributed by atoms with E-state index in [4.69, 9.17) is 5.11 Å². The molecule has 2 aromatic carbocycles. The molecule has 0 unspecified atom stereocenters. The molecule has 24 heavy (non-hydrogen) atoms. The minimum absolute atomic E-state index is 0.119. The summed E-state index contributed by atoms with van der Waals surface area (Å²) >= 11 is 0. The van der Waals surface area contributed by atoms with E-state index in [2.05, 4.69) is 0 Å². The molecule has 0 atom stereocenters. The Morgan fingerprint density at radius 1 is 1.17 bits per heavy atom. The lowest BCUT2D eigenvalue weighted by Crippen LogP contribution is -2.34. The molecule has 0 saturated carbocycles. The normalized spacial score (nSPS) is 16.0. The van der Waals surface area contributed by atoms with Crippen LogP contribution in [0.2, 0.25) is 0 Å². The largest absolute Gasteiger partial charge is 0.481 e. The average Bonchev–Trinajstić information content (AvgIpc) is 2.80. The van der Waals surface area contributed by atoms with E-state index in [1.165, 1.54) is 16.4 Å². The summed E-state index contributed by atoms with van der Waals surface area (Å²) in [6.45, 7) is 4.39. The lowest BCUT2D eigenvalue weighted by Gasteiger charge is -2.22. The highest BCUT2D eigenvalue weighted by Crippen LogP contribution is 2.42. The molecule has 0 aromatic heterocycles. The van der Waals surface area contributed by atoms with Crippen LogP contribution in [0.3, 0.4) is 0 Å². The number of carboxylic acids is 1. The van der Waals surface area contributed by atoms with Crippen molar-refractivity contribution in [2.45, 2.75) is 30.6 Å². The Bertz CT molecular complexity index is 903. The minimum atomic E-state index is -3.74. The number of benzene rings is 2. The van der Waals surface area contributed by atoms with E-state index in [1.807, 2.05) is 38.1 Å². The number of fused-ring (bicyclic) bond motifs is 1. The Labute approximate surface area is 141 Å². The molecule has 0 radical (unpaired) electrons. The fraction of sp³-hybridized carbons (Fsp3) is 0.278. The van der Waals surface area contributed by atoms with Crippen molar-refractivity contribution in [3.05, 3.63) is 59.7 Å². The van der Waals surface area contributed by atoms with Gasteiger partial charge in [0.05, 0.1) is 17.0 Å². The third-order valence-corrected chi connectivity index (χ3v) is 6.04. The molecular formula is C18H19NO4S. The van der Waals surface area contributed by atoms with E-state index in [0.29, 0.717) is 17.8 Å². The van der Waals surface area contributed by atoms with Gasteiger partial charge in [-0.05, 0) is 29.3 Å². The van der Waals surface area contributed by atoms with Crippen LogP contribution in [0.25, 0.3) is 0 Å². The fourth-order valence-corrected chi connectivity index (χ4v) is 4.84. The predicted molar refractivity (Wildman–Crippen MR) is 91.8 cm³/mol. The van der Waals surface area contributed by atoms with E-state index in [-0.39, 0.29) is 16.7 Å². The van der Waals surface area contributed by atoms with Gasteiger partial charge in [-0.1, -0.05) is 44.2 Å². The fourth-order valence-electron chi connectivity index (χ4n) is 3.12. The van der Waals surface area contributed by atoms with E-state index >= 15 is 0 Å². The number of aliphatic carboxylic acids is 1. The first-order chi connectivity index (χ1) is 11.2. The lowest BCUT2D eigenvalue weighted by molar-refractivity contribution is -0.136. The molecule has 1 heterocycles. The molecule has 5 nitrogen and oxygen atoms in total. The van der Waals surface area contributed by atoms with Crippen molar-refractivity contribution in [1.29, 1.82) is 0 Å². The average molecular weight is 345 g/mol. The number of nitrogens with zero attached hydrogens (tertiary/aromatic N) is 1. The van der Waals surface area contributed by atoms with Gasteiger partial charge in [0, 0.05) is 12.0 Å². The van der Waals surface area contributed by atoms with Crippen molar-refractivity contribution >= 4 is 21.7 Å². The number of rotatable bonds is 4. The highest BCUT2D eigenvalue weighted by molar-refractivity contribution is 7.92. The number of carbonyl (C=O) groups is 1. The monoisotopic (exact) mass is 345 g/mol. The van der Waals surface area contributed by atoms with Gasteiger partial charge in [0.25, 0.3) is 10.0 Å². The summed E-state index contributed by atoms with van der Waals surface area (Å²) in [4.78, 5) is 11.0. The van der Waals surface area contributed by atoms with Crippen molar-refractivity contribution in [3.8, 4) is 0 Å². The van der Waals surface area contributed by atoms with Crippen molar-refractivity contribution in [3.63, 3.8) is 0 Å². The molecule has 6 heteroatoms. The zero-order valence-electron chi connectivity index (χ0n) is 13.6. The maximum atomic E-state index is 13.1. The molecular weight excluding hydrogens is 326 g/mol. The zero-order valence-corrected chi connectivity index (χ0v) is 14.4. The lowest BCUT2D eigenvalue weighted by atomic mass is 9.87. The van der Waals surface area contributed by atoms with Crippen LogP contribution in [-0.2, 0) is 26.7 Å². The van der Waals surface area contributed by atoms with Gasteiger partial charge in [-0.15, -0.1) is 0 Å². The highest BCUT2D eigenvalue weighted by atomic mass is 32.2. The van der Waals surface area contributed by atoms with E-state index in [1.54, 1.807) is 12.1 Å². The number of para-hydroxylation sites is 1. The minimum Gasteiger partial charge on any atom is -0.481 e. The second-order valence-electron chi connectivity index (χ2n) is 6.63. The van der Waals surface area contributed by atoms with E-state index < -0.39 is 16.0 Å². The van der Waals surface area contributed by atoms with Crippen LogP contribution >= 0.6 is 0 Å². The van der Waals surface area contributed by atoms with Gasteiger partial charge in [-0.3, -0.25) is 9.10 Å². The SMILES string of the molecule is CC1(C)CN(S(=O)(=O)c2cccc(CC(=O)O)c2)c2ccccc21. The molecule has 1 N–H and O–H groups in total. The number of carboxylic acid groups (broad SMARTS) is 1. The number of hydrogen-bond acceptors (Lipinski definition) is 3. The summed E-state index contributed by atoms with van der Waals surface area (Å²) in [5, 5.41) is 8.91. The number of sulfonamides is 1.